The Balaban J connectivity index is 1.22. The number of carbonyl (C=O) groups excluding carboxylic acids is 1. The van der Waals surface area contributed by atoms with E-state index in [9.17, 15) is 9.18 Å². The summed E-state index contributed by atoms with van der Waals surface area (Å²) in [5, 5.41) is 3.65. The number of rotatable bonds is 8. The summed E-state index contributed by atoms with van der Waals surface area (Å²) in [7, 11) is 0. The molecule has 1 saturated heterocycles. The monoisotopic (exact) mass is 422 g/mol. The fourth-order valence-electron chi connectivity index (χ4n) is 3.71. The Kier molecular flexibility index (Phi) is 6.15. The number of ether oxygens (including phenoxy) is 2. The number of thiazole rings is 1. The van der Waals surface area contributed by atoms with Crippen molar-refractivity contribution in [2.45, 2.75) is 51.4 Å². The van der Waals surface area contributed by atoms with Crippen molar-refractivity contribution < 1.29 is 18.7 Å². The molecule has 158 valence electrons. The summed E-state index contributed by atoms with van der Waals surface area (Å²) >= 11 is 1.49. The van der Waals surface area contributed by atoms with Crippen LogP contribution in [0.15, 0.2) is 12.1 Å². The molecule has 1 N–H and O–H groups in total. The van der Waals surface area contributed by atoms with Gasteiger partial charge in [0, 0.05) is 25.6 Å². The lowest BCUT2D eigenvalue weighted by Gasteiger charge is -2.35. The number of hydrogen-bond acceptors (Lipinski definition) is 7. The van der Waals surface area contributed by atoms with Crippen molar-refractivity contribution in [2.24, 2.45) is 5.92 Å². The van der Waals surface area contributed by atoms with E-state index in [2.05, 4.69) is 15.3 Å². The highest BCUT2D eigenvalue weighted by atomic mass is 32.1. The summed E-state index contributed by atoms with van der Waals surface area (Å²) in [6.07, 6.45) is 1.95. The molecule has 1 saturated carbocycles. The van der Waals surface area contributed by atoms with E-state index in [1.807, 2.05) is 24.0 Å². The molecule has 1 amide bonds. The van der Waals surface area contributed by atoms with E-state index in [0.29, 0.717) is 44.5 Å². The van der Waals surface area contributed by atoms with Gasteiger partial charge in [0.05, 0.1) is 25.9 Å². The van der Waals surface area contributed by atoms with Gasteiger partial charge in [-0.15, -0.1) is 0 Å². The van der Waals surface area contributed by atoms with Crippen molar-refractivity contribution in [3.05, 3.63) is 12.1 Å². The van der Waals surface area contributed by atoms with Crippen LogP contribution in [-0.4, -0.2) is 60.5 Å². The van der Waals surface area contributed by atoms with Crippen LogP contribution in [0, 0.1) is 5.92 Å². The zero-order valence-electron chi connectivity index (χ0n) is 16.8. The maximum atomic E-state index is 13.4. The number of amides is 1. The first-order valence-electron chi connectivity index (χ1n) is 10.1. The molecular weight excluding hydrogens is 395 g/mol. The standard InChI is InChI=1S/C20H27FN4O3S/c1-12(22-13(2)26)10-27-16-7-14(8-16)11-28-18-4-3-17-19(24-18)29-20(23-17)25-6-5-15(21)9-25/h3-4,12,14-16H,5-11H2,1-2H3,(H,22,26)/t12-,14-,15+,16-/m0/s1. The molecule has 1 aliphatic heterocycles. The Bertz CT molecular complexity index is 857. The lowest BCUT2D eigenvalue weighted by molar-refractivity contribution is -0.120. The van der Waals surface area contributed by atoms with E-state index in [1.165, 1.54) is 18.3 Å². The molecule has 3 heterocycles. The van der Waals surface area contributed by atoms with Gasteiger partial charge in [0.2, 0.25) is 11.8 Å². The first-order chi connectivity index (χ1) is 14.0. The molecule has 2 atom stereocenters. The number of nitrogens with zero attached hydrogens (tertiary/aromatic N) is 3. The number of pyridine rings is 1. The van der Waals surface area contributed by atoms with Gasteiger partial charge in [0.25, 0.3) is 0 Å². The number of alkyl halides is 1. The van der Waals surface area contributed by atoms with Gasteiger partial charge in [-0.3, -0.25) is 4.79 Å². The first kappa shape index (κ1) is 20.3. The molecule has 4 rings (SSSR count). The molecule has 7 nitrogen and oxygen atoms in total. The lowest BCUT2D eigenvalue weighted by Crippen LogP contribution is -2.40. The number of anilines is 1. The third-order valence-corrected chi connectivity index (χ3v) is 6.34. The largest absolute Gasteiger partial charge is 0.477 e. The Morgan fingerprint density at radius 1 is 1.41 bits per heavy atom. The van der Waals surface area contributed by atoms with Gasteiger partial charge in [-0.2, -0.15) is 0 Å². The van der Waals surface area contributed by atoms with Crippen LogP contribution in [0.25, 0.3) is 10.3 Å². The molecule has 2 fully saturated rings. The highest BCUT2D eigenvalue weighted by molar-refractivity contribution is 7.21. The van der Waals surface area contributed by atoms with Gasteiger partial charge >= 0.3 is 0 Å². The van der Waals surface area contributed by atoms with Crippen molar-refractivity contribution in [3.63, 3.8) is 0 Å². The van der Waals surface area contributed by atoms with Gasteiger partial charge < -0.3 is 19.7 Å². The van der Waals surface area contributed by atoms with Crippen LogP contribution in [0.3, 0.4) is 0 Å². The Morgan fingerprint density at radius 3 is 2.97 bits per heavy atom. The molecule has 2 aromatic rings. The molecule has 0 bridgehead atoms. The van der Waals surface area contributed by atoms with Crippen molar-refractivity contribution in [2.75, 3.05) is 31.2 Å². The molecule has 0 aromatic carbocycles. The predicted molar refractivity (Wildman–Crippen MR) is 110 cm³/mol. The van der Waals surface area contributed by atoms with Crippen LogP contribution in [0.1, 0.15) is 33.1 Å². The number of fused-ring (bicyclic) bond motifs is 1. The third-order valence-electron chi connectivity index (χ3n) is 5.31. The van der Waals surface area contributed by atoms with Crippen molar-refractivity contribution in [1.82, 2.24) is 15.3 Å². The van der Waals surface area contributed by atoms with Gasteiger partial charge in [0.1, 0.15) is 16.5 Å². The maximum Gasteiger partial charge on any atom is 0.217 e. The Morgan fingerprint density at radius 2 is 2.24 bits per heavy atom. The highest BCUT2D eigenvalue weighted by Crippen LogP contribution is 2.33. The molecule has 0 radical (unpaired) electrons. The van der Waals surface area contributed by atoms with Crippen LogP contribution < -0.4 is 15.0 Å². The van der Waals surface area contributed by atoms with Gasteiger partial charge in [-0.1, -0.05) is 11.3 Å². The SMILES string of the molecule is CC(=O)N[C@@H](C)CO[C@H]1C[C@H](COc2ccc3nc(N4CC[C@@H](F)C4)sc3n2)C1. The minimum atomic E-state index is -0.766. The smallest absolute Gasteiger partial charge is 0.217 e. The summed E-state index contributed by atoms with van der Waals surface area (Å²) in [5.74, 6) is 1.02. The summed E-state index contributed by atoms with van der Waals surface area (Å²) in [4.78, 5) is 23.0. The second-order valence-electron chi connectivity index (χ2n) is 8.01. The number of nitrogens with one attached hydrogen (secondary N) is 1. The van der Waals surface area contributed by atoms with Crippen LogP contribution in [0.2, 0.25) is 0 Å². The normalized spacial score (nSPS) is 25.1. The number of carbonyl (C=O) groups is 1. The average molecular weight is 423 g/mol. The van der Waals surface area contributed by atoms with Crippen LogP contribution in [-0.2, 0) is 9.53 Å². The minimum Gasteiger partial charge on any atom is -0.477 e. The molecule has 1 aliphatic carbocycles. The summed E-state index contributed by atoms with van der Waals surface area (Å²) in [6.45, 7) is 5.71. The van der Waals surface area contributed by atoms with E-state index >= 15 is 0 Å². The first-order valence-corrected chi connectivity index (χ1v) is 11.0. The number of halogens is 1. The minimum absolute atomic E-state index is 0.0272. The van der Waals surface area contributed by atoms with Crippen LogP contribution in [0.5, 0.6) is 5.88 Å². The van der Waals surface area contributed by atoms with Crippen molar-refractivity contribution in [3.8, 4) is 5.88 Å². The summed E-state index contributed by atoms with van der Waals surface area (Å²) in [6, 6.07) is 3.78. The molecule has 0 spiro atoms. The predicted octanol–water partition coefficient (Wildman–Crippen LogP) is 2.94. The Hall–Kier alpha value is -2.00. The van der Waals surface area contributed by atoms with Gasteiger partial charge in [-0.05, 0) is 38.2 Å². The molecule has 2 aliphatic rings. The van der Waals surface area contributed by atoms with E-state index in [1.54, 1.807) is 0 Å². The molecular formula is C20H27FN4O3S. The average Bonchev–Trinajstić information content (AvgIpc) is 3.24. The van der Waals surface area contributed by atoms with Crippen LogP contribution >= 0.6 is 11.3 Å². The molecule has 29 heavy (non-hydrogen) atoms. The molecule has 9 heteroatoms. The topological polar surface area (TPSA) is 76.6 Å². The van der Waals surface area contributed by atoms with E-state index in [4.69, 9.17) is 9.47 Å². The van der Waals surface area contributed by atoms with E-state index in [0.717, 1.165) is 28.3 Å². The number of aromatic nitrogens is 2. The highest BCUT2D eigenvalue weighted by Gasteiger charge is 2.31. The zero-order valence-corrected chi connectivity index (χ0v) is 17.6. The quantitative estimate of drug-likeness (QED) is 0.705. The number of hydrogen-bond donors (Lipinski definition) is 1. The second kappa shape index (κ2) is 8.79. The Labute approximate surface area is 173 Å². The van der Waals surface area contributed by atoms with Crippen LogP contribution in [0.4, 0.5) is 9.52 Å². The third kappa shape index (κ3) is 5.14. The fourth-order valence-corrected chi connectivity index (χ4v) is 4.68. The van der Waals surface area contributed by atoms with Gasteiger partial charge in [0.15, 0.2) is 5.13 Å². The van der Waals surface area contributed by atoms with Crippen molar-refractivity contribution >= 4 is 32.7 Å². The summed E-state index contributed by atoms with van der Waals surface area (Å²) < 4.78 is 25.1. The molecule has 2 aromatic heterocycles. The fraction of sp³-hybridized carbons (Fsp3) is 0.650. The van der Waals surface area contributed by atoms with E-state index < -0.39 is 6.17 Å². The summed E-state index contributed by atoms with van der Waals surface area (Å²) in [5.41, 5.74) is 0.824. The molecule has 0 unspecified atom stereocenters. The second-order valence-corrected chi connectivity index (χ2v) is 8.96. The zero-order chi connectivity index (χ0) is 20.4. The van der Waals surface area contributed by atoms with E-state index in [-0.39, 0.29) is 18.1 Å². The van der Waals surface area contributed by atoms with Gasteiger partial charge in [-0.25, -0.2) is 14.4 Å². The van der Waals surface area contributed by atoms with Crippen molar-refractivity contribution in [1.29, 1.82) is 0 Å². The lowest BCUT2D eigenvalue weighted by atomic mass is 9.83. The maximum absolute atomic E-state index is 13.4.